The summed E-state index contributed by atoms with van der Waals surface area (Å²) in [4.78, 5) is 10.5. The van der Waals surface area contributed by atoms with Crippen molar-refractivity contribution >= 4 is 27.6 Å². The molecule has 5 nitrogen and oxygen atoms in total. The molecule has 0 aliphatic rings. The van der Waals surface area contributed by atoms with Crippen LogP contribution in [0.1, 0.15) is 18.9 Å². The van der Waals surface area contributed by atoms with Crippen LogP contribution in [0.15, 0.2) is 23.1 Å². The molecule has 0 atom stereocenters. The zero-order valence-corrected chi connectivity index (χ0v) is 13.0. The van der Waals surface area contributed by atoms with E-state index >= 15 is 0 Å². The number of esters is 1. The second-order valence-electron chi connectivity index (χ2n) is 4.19. The smallest absolute Gasteiger partial charge is 0.416 e. The van der Waals surface area contributed by atoms with Gasteiger partial charge < -0.3 is 4.74 Å². The first kappa shape index (κ1) is 18.7. The highest BCUT2D eigenvalue weighted by Crippen LogP contribution is 2.33. The number of hydrogen-bond acceptors (Lipinski definition) is 4. The fraction of sp³-hybridized carbons (Fsp3) is 0.417. The molecule has 124 valence electrons. The van der Waals surface area contributed by atoms with Crippen LogP contribution in [0.2, 0.25) is 5.02 Å². The van der Waals surface area contributed by atoms with E-state index in [2.05, 4.69) is 4.74 Å². The van der Waals surface area contributed by atoms with Crippen LogP contribution < -0.4 is 4.72 Å². The molecule has 1 aromatic rings. The lowest BCUT2D eigenvalue weighted by atomic mass is 10.2. The molecule has 0 aromatic heterocycles. The van der Waals surface area contributed by atoms with Crippen LogP contribution in [0, 0.1) is 0 Å². The molecule has 1 N–H and O–H groups in total. The molecule has 1 rings (SSSR count). The second kappa shape index (κ2) is 7.30. The molecule has 0 aliphatic heterocycles. The molecule has 0 aliphatic carbocycles. The first-order valence-electron chi connectivity index (χ1n) is 6.10. The molecule has 22 heavy (non-hydrogen) atoms. The highest BCUT2D eigenvalue weighted by molar-refractivity contribution is 7.89. The summed E-state index contributed by atoms with van der Waals surface area (Å²) in [6, 6.07) is 1.90. The summed E-state index contributed by atoms with van der Waals surface area (Å²) < 4.78 is 68.2. The number of halogens is 4. The molecule has 0 saturated heterocycles. The van der Waals surface area contributed by atoms with Gasteiger partial charge in [0, 0.05) is 0 Å². The number of sulfonamides is 1. The Balaban J connectivity index is 2.96. The van der Waals surface area contributed by atoms with Crippen molar-refractivity contribution in [1.29, 1.82) is 0 Å². The standard InChI is InChI=1S/C12H13ClF3NO4S/c1-2-5-21-11(18)7-17-22(19,20)10-6-8(12(14,15)16)3-4-9(10)13/h3-4,6,17H,2,5,7H2,1H3. The van der Waals surface area contributed by atoms with Crippen LogP contribution >= 0.6 is 11.6 Å². The van der Waals surface area contributed by atoms with Crippen LogP contribution in [-0.2, 0) is 25.7 Å². The minimum absolute atomic E-state index is 0.116. The van der Waals surface area contributed by atoms with Crippen molar-refractivity contribution in [3.63, 3.8) is 0 Å². The number of carbonyl (C=O) groups is 1. The number of ether oxygens (including phenoxy) is 1. The van der Waals surface area contributed by atoms with Gasteiger partial charge in [-0.25, -0.2) is 8.42 Å². The van der Waals surface area contributed by atoms with Crippen LogP contribution in [0.25, 0.3) is 0 Å². The largest absolute Gasteiger partial charge is 0.465 e. The average Bonchev–Trinajstić information content (AvgIpc) is 2.42. The molecule has 0 bridgehead atoms. The highest BCUT2D eigenvalue weighted by atomic mass is 35.5. The Kier molecular flexibility index (Phi) is 6.21. The molecule has 1 aromatic carbocycles. The lowest BCUT2D eigenvalue weighted by Crippen LogP contribution is -2.31. The molecular weight excluding hydrogens is 347 g/mol. The van der Waals surface area contributed by atoms with Gasteiger partial charge in [0.05, 0.1) is 17.2 Å². The van der Waals surface area contributed by atoms with Crippen molar-refractivity contribution in [3.8, 4) is 0 Å². The van der Waals surface area contributed by atoms with Gasteiger partial charge in [-0.1, -0.05) is 18.5 Å². The van der Waals surface area contributed by atoms with E-state index in [0.717, 1.165) is 6.07 Å². The van der Waals surface area contributed by atoms with E-state index in [4.69, 9.17) is 11.6 Å². The van der Waals surface area contributed by atoms with Gasteiger partial charge >= 0.3 is 12.1 Å². The van der Waals surface area contributed by atoms with Crippen molar-refractivity contribution in [1.82, 2.24) is 4.72 Å². The first-order valence-corrected chi connectivity index (χ1v) is 7.96. The number of nitrogens with one attached hydrogen (secondary N) is 1. The number of carbonyl (C=O) groups excluding carboxylic acids is 1. The van der Waals surface area contributed by atoms with Crippen LogP contribution in [0.3, 0.4) is 0 Å². The SMILES string of the molecule is CCCOC(=O)CNS(=O)(=O)c1cc(C(F)(F)F)ccc1Cl. The third-order valence-corrected chi connectivity index (χ3v) is 4.30. The van der Waals surface area contributed by atoms with Crippen LogP contribution in [0.4, 0.5) is 13.2 Å². The third kappa shape index (κ3) is 5.15. The van der Waals surface area contributed by atoms with Gasteiger partial charge in [0.1, 0.15) is 11.4 Å². The van der Waals surface area contributed by atoms with E-state index in [1.807, 2.05) is 4.72 Å². The normalized spacial score (nSPS) is 12.2. The summed E-state index contributed by atoms with van der Waals surface area (Å²) in [6.07, 6.45) is -4.16. The quantitative estimate of drug-likeness (QED) is 0.792. The summed E-state index contributed by atoms with van der Waals surface area (Å²) in [5, 5.41) is -0.387. The highest BCUT2D eigenvalue weighted by Gasteiger charge is 2.32. The van der Waals surface area contributed by atoms with Crippen molar-refractivity contribution in [2.75, 3.05) is 13.2 Å². The second-order valence-corrected chi connectivity index (χ2v) is 6.33. The van der Waals surface area contributed by atoms with Crippen molar-refractivity contribution in [2.45, 2.75) is 24.4 Å². The Morgan fingerprint density at radius 2 is 2.00 bits per heavy atom. The molecule has 0 saturated carbocycles. The maximum Gasteiger partial charge on any atom is 0.416 e. The van der Waals surface area contributed by atoms with E-state index in [0.29, 0.717) is 18.6 Å². The Hall–Kier alpha value is -1.32. The van der Waals surface area contributed by atoms with Crippen molar-refractivity contribution in [2.24, 2.45) is 0 Å². The number of hydrogen-bond donors (Lipinski definition) is 1. The van der Waals surface area contributed by atoms with Crippen molar-refractivity contribution in [3.05, 3.63) is 28.8 Å². The lowest BCUT2D eigenvalue weighted by molar-refractivity contribution is -0.142. The monoisotopic (exact) mass is 359 g/mol. The average molecular weight is 360 g/mol. The molecule has 0 heterocycles. The summed E-state index contributed by atoms with van der Waals surface area (Å²) in [5.41, 5.74) is -1.16. The van der Waals surface area contributed by atoms with Gasteiger partial charge in [-0.3, -0.25) is 4.79 Å². The molecule has 0 unspecified atom stereocenters. The Bertz CT molecular complexity index is 646. The predicted molar refractivity (Wildman–Crippen MR) is 72.9 cm³/mol. The van der Waals surface area contributed by atoms with Crippen LogP contribution in [0.5, 0.6) is 0 Å². The Morgan fingerprint density at radius 3 is 2.55 bits per heavy atom. The third-order valence-electron chi connectivity index (χ3n) is 2.42. The number of alkyl halides is 3. The van der Waals surface area contributed by atoms with E-state index in [9.17, 15) is 26.4 Å². The predicted octanol–water partition coefficient (Wildman–Crippen LogP) is 2.59. The fourth-order valence-corrected chi connectivity index (χ4v) is 2.88. The molecule has 0 fully saturated rings. The molecule has 10 heteroatoms. The zero-order valence-electron chi connectivity index (χ0n) is 11.4. The van der Waals surface area contributed by atoms with Gasteiger partial charge in [-0.15, -0.1) is 0 Å². The summed E-state index contributed by atoms with van der Waals surface area (Å²) >= 11 is 5.63. The first-order chi connectivity index (χ1) is 10.1. The van der Waals surface area contributed by atoms with Gasteiger partial charge in [0.15, 0.2) is 0 Å². The van der Waals surface area contributed by atoms with Crippen molar-refractivity contribution < 1.29 is 31.1 Å². The van der Waals surface area contributed by atoms with Gasteiger partial charge in [-0.2, -0.15) is 17.9 Å². The van der Waals surface area contributed by atoms with Gasteiger partial charge in [-0.05, 0) is 24.6 Å². The van der Waals surface area contributed by atoms with Crippen LogP contribution in [-0.4, -0.2) is 27.5 Å². The lowest BCUT2D eigenvalue weighted by Gasteiger charge is -2.11. The van der Waals surface area contributed by atoms with E-state index in [1.165, 1.54) is 0 Å². The van der Waals surface area contributed by atoms with E-state index < -0.39 is 39.2 Å². The Labute approximate surface area is 130 Å². The Morgan fingerprint density at radius 1 is 1.36 bits per heavy atom. The van der Waals surface area contributed by atoms with E-state index in [-0.39, 0.29) is 11.6 Å². The minimum Gasteiger partial charge on any atom is -0.465 e. The van der Waals surface area contributed by atoms with Gasteiger partial charge in [0.2, 0.25) is 10.0 Å². The number of benzene rings is 1. The zero-order chi connectivity index (χ0) is 17.0. The fourth-order valence-electron chi connectivity index (χ4n) is 1.38. The maximum absolute atomic E-state index is 12.6. The minimum atomic E-state index is -4.71. The molecule has 0 spiro atoms. The molecular formula is C12H13ClF3NO4S. The number of rotatable bonds is 6. The maximum atomic E-state index is 12.6. The van der Waals surface area contributed by atoms with E-state index in [1.54, 1.807) is 6.92 Å². The van der Waals surface area contributed by atoms with Gasteiger partial charge in [0.25, 0.3) is 0 Å². The molecule has 0 radical (unpaired) electrons. The molecule has 0 amide bonds. The summed E-state index contributed by atoms with van der Waals surface area (Å²) in [6.45, 7) is 1.17. The summed E-state index contributed by atoms with van der Waals surface area (Å²) in [5.74, 6) is -0.839. The topological polar surface area (TPSA) is 72.5 Å². The summed E-state index contributed by atoms with van der Waals surface area (Å²) in [7, 11) is -4.38.